The van der Waals surface area contributed by atoms with Crippen molar-refractivity contribution in [2.24, 2.45) is 0 Å². The third-order valence-electron chi connectivity index (χ3n) is 5.44. The molecule has 0 bridgehead atoms. The van der Waals surface area contributed by atoms with Crippen molar-refractivity contribution in [2.75, 3.05) is 26.2 Å². The van der Waals surface area contributed by atoms with Crippen molar-refractivity contribution in [3.05, 3.63) is 50.8 Å². The second-order valence-electron chi connectivity index (χ2n) is 7.33. The number of rotatable bonds is 5. The number of benzene rings is 1. The van der Waals surface area contributed by atoms with Crippen LogP contribution in [0.15, 0.2) is 23.1 Å². The summed E-state index contributed by atoms with van der Waals surface area (Å²) in [7, 11) is -3.51. The highest BCUT2D eigenvalue weighted by atomic mass is 32.2. The van der Waals surface area contributed by atoms with Crippen LogP contribution in [0.1, 0.15) is 22.5 Å². The Hall–Kier alpha value is -2.30. The zero-order valence-electron chi connectivity index (χ0n) is 16.6. The van der Waals surface area contributed by atoms with Crippen LogP contribution in [-0.2, 0) is 16.7 Å². The van der Waals surface area contributed by atoms with Gasteiger partial charge in [-0.05, 0) is 51.0 Å². The highest BCUT2D eigenvalue weighted by molar-refractivity contribution is 7.89. The fourth-order valence-electron chi connectivity index (χ4n) is 3.54. The second-order valence-corrected chi connectivity index (χ2v) is 9.27. The number of nitro groups is 1. The van der Waals surface area contributed by atoms with Crippen molar-refractivity contribution < 1.29 is 18.2 Å². The van der Waals surface area contributed by atoms with Gasteiger partial charge in [-0.1, -0.05) is 6.07 Å². The number of piperazine rings is 1. The molecule has 28 heavy (non-hydrogen) atoms. The van der Waals surface area contributed by atoms with E-state index in [-0.39, 0.29) is 5.69 Å². The van der Waals surface area contributed by atoms with Crippen LogP contribution in [0, 0.1) is 37.8 Å². The molecule has 1 N–H and O–H groups in total. The Morgan fingerprint density at radius 2 is 1.79 bits per heavy atom. The standard InChI is InChI=1S/C18H25N5O4S/c1-13-5-6-17(11-14(13)2)28(26,27)21-9-7-20(8-10-21)12-22-16(4)18(23(24)25)15(3)19-22/h5-6,11H,7-10,12H2,1-4H3/p+1. The molecule has 0 saturated carbocycles. The van der Waals surface area contributed by atoms with Gasteiger partial charge in [0, 0.05) is 0 Å². The number of nitrogens with zero attached hydrogens (tertiary/aromatic N) is 4. The van der Waals surface area contributed by atoms with E-state index in [0.717, 1.165) is 16.0 Å². The number of hydrogen-bond donors (Lipinski definition) is 1. The van der Waals surface area contributed by atoms with Crippen LogP contribution in [0.4, 0.5) is 5.69 Å². The predicted molar refractivity (Wildman–Crippen MR) is 104 cm³/mol. The molecule has 2 heterocycles. The van der Waals surface area contributed by atoms with Gasteiger partial charge in [-0.25, -0.2) is 13.1 Å². The molecule has 1 saturated heterocycles. The summed E-state index contributed by atoms with van der Waals surface area (Å²) in [5.41, 5.74) is 3.00. The summed E-state index contributed by atoms with van der Waals surface area (Å²) in [6.45, 7) is 9.73. The Bertz CT molecular complexity index is 1010. The first-order valence-corrected chi connectivity index (χ1v) is 10.6. The lowest BCUT2D eigenvalue weighted by atomic mass is 10.1. The minimum absolute atomic E-state index is 0.0513. The van der Waals surface area contributed by atoms with Gasteiger partial charge >= 0.3 is 5.69 Å². The van der Waals surface area contributed by atoms with Gasteiger partial charge in [0.05, 0.1) is 36.0 Å². The number of sulfonamides is 1. The molecular weight excluding hydrogens is 382 g/mol. The molecule has 1 aliphatic rings. The minimum atomic E-state index is -3.51. The smallest absolute Gasteiger partial charge is 0.312 e. The molecule has 0 amide bonds. The molecule has 0 atom stereocenters. The number of hydrogen-bond acceptors (Lipinski definition) is 5. The fourth-order valence-corrected chi connectivity index (χ4v) is 5.07. The Morgan fingerprint density at radius 3 is 2.32 bits per heavy atom. The average molecular weight is 409 g/mol. The first-order chi connectivity index (χ1) is 13.1. The van der Waals surface area contributed by atoms with Crippen LogP contribution in [0.2, 0.25) is 0 Å². The third kappa shape index (κ3) is 3.80. The molecular formula is C18H26N5O4S+. The van der Waals surface area contributed by atoms with Crippen LogP contribution < -0.4 is 4.90 Å². The Kier molecular flexibility index (Phi) is 5.55. The first-order valence-electron chi connectivity index (χ1n) is 9.20. The molecule has 0 aliphatic carbocycles. The van der Waals surface area contributed by atoms with E-state index >= 15 is 0 Å². The molecule has 1 fully saturated rings. The first kappa shape index (κ1) is 20.4. The van der Waals surface area contributed by atoms with Crippen molar-refractivity contribution in [2.45, 2.75) is 39.3 Å². The summed E-state index contributed by atoms with van der Waals surface area (Å²) in [4.78, 5) is 12.2. The maximum absolute atomic E-state index is 12.9. The number of nitrogens with one attached hydrogen (secondary N) is 1. The topological polar surface area (TPSA) is 103 Å². The van der Waals surface area contributed by atoms with Gasteiger partial charge in [-0.15, -0.1) is 0 Å². The molecule has 2 aromatic rings. The van der Waals surface area contributed by atoms with Gasteiger partial charge in [0.25, 0.3) is 0 Å². The van der Waals surface area contributed by atoms with Crippen LogP contribution in [0.3, 0.4) is 0 Å². The molecule has 3 rings (SSSR count). The van der Waals surface area contributed by atoms with Crippen molar-refractivity contribution in [1.82, 2.24) is 14.1 Å². The average Bonchev–Trinajstić information content (AvgIpc) is 2.91. The van der Waals surface area contributed by atoms with Crippen molar-refractivity contribution in [1.29, 1.82) is 0 Å². The molecule has 1 aromatic heterocycles. The Balaban J connectivity index is 1.68. The van der Waals surface area contributed by atoms with Gasteiger partial charge in [-0.3, -0.25) is 10.1 Å². The maximum Gasteiger partial charge on any atom is 0.312 e. The quantitative estimate of drug-likeness (QED) is 0.576. The van der Waals surface area contributed by atoms with E-state index in [1.807, 2.05) is 19.9 Å². The number of aryl methyl sites for hydroxylation is 3. The maximum atomic E-state index is 12.9. The molecule has 0 radical (unpaired) electrons. The van der Waals surface area contributed by atoms with E-state index < -0.39 is 14.9 Å². The molecule has 10 heteroatoms. The van der Waals surface area contributed by atoms with Gasteiger partial charge < -0.3 is 4.90 Å². The van der Waals surface area contributed by atoms with Crippen molar-refractivity contribution in [3.63, 3.8) is 0 Å². The van der Waals surface area contributed by atoms with Crippen LogP contribution in [0.25, 0.3) is 0 Å². The van der Waals surface area contributed by atoms with Crippen LogP contribution >= 0.6 is 0 Å². The lowest BCUT2D eigenvalue weighted by molar-refractivity contribution is -0.926. The SMILES string of the molecule is Cc1ccc(S(=O)(=O)N2CC[NH+](Cn3nc(C)c([N+](=O)[O-])c3C)CC2)cc1C. The van der Waals surface area contributed by atoms with Gasteiger partial charge in [0.2, 0.25) is 10.0 Å². The summed E-state index contributed by atoms with van der Waals surface area (Å²) < 4.78 is 29.0. The zero-order valence-corrected chi connectivity index (χ0v) is 17.4. The van der Waals surface area contributed by atoms with E-state index in [0.29, 0.717) is 49.1 Å². The number of aromatic nitrogens is 2. The highest BCUT2D eigenvalue weighted by Gasteiger charge is 2.31. The van der Waals surface area contributed by atoms with Crippen molar-refractivity contribution >= 4 is 15.7 Å². The monoisotopic (exact) mass is 408 g/mol. The Labute approximate surface area is 164 Å². The summed E-state index contributed by atoms with van der Waals surface area (Å²) >= 11 is 0. The molecule has 152 valence electrons. The van der Waals surface area contributed by atoms with Crippen molar-refractivity contribution in [3.8, 4) is 0 Å². The Morgan fingerprint density at radius 1 is 1.14 bits per heavy atom. The van der Waals surface area contributed by atoms with E-state index in [1.54, 1.807) is 30.7 Å². The summed E-state index contributed by atoms with van der Waals surface area (Å²) in [6.07, 6.45) is 0. The van der Waals surface area contributed by atoms with Crippen LogP contribution in [-0.4, -0.2) is 53.6 Å². The zero-order chi connectivity index (χ0) is 20.6. The van der Waals surface area contributed by atoms with E-state index in [2.05, 4.69) is 5.10 Å². The fraction of sp³-hybridized carbons (Fsp3) is 0.500. The van der Waals surface area contributed by atoms with Gasteiger partial charge in [0.15, 0.2) is 6.67 Å². The lowest BCUT2D eigenvalue weighted by Gasteiger charge is -2.31. The molecule has 0 unspecified atom stereocenters. The van der Waals surface area contributed by atoms with Gasteiger partial charge in [0.1, 0.15) is 11.4 Å². The predicted octanol–water partition coefficient (Wildman–Crippen LogP) is 0.572. The molecule has 1 aliphatic heterocycles. The van der Waals surface area contributed by atoms with Gasteiger partial charge in [-0.2, -0.15) is 9.40 Å². The summed E-state index contributed by atoms with van der Waals surface area (Å²) in [5.74, 6) is 0. The summed E-state index contributed by atoms with van der Waals surface area (Å²) in [6, 6.07) is 5.21. The second kappa shape index (κ2) is 7.61. The molecule has 0 spiro atoms. The van der Waals surface area contributed by atoms with E-state index in [4.69, 9.17) is 0 Å². The largest absolute Gasteiger partial charge is 0.314 e. The van der Waals surface area contributed by atoms with Crippen LogP contribution in [0.5, 0.6) is 0 Å². The lowest BCUT2D eigenvalue weighted by Crippen LogP contribution is -3.14. The third-order valence-corrected chi connectivity index (χ3v) is 7.34. The van der Waals surface area contributed by atoms with E-state index in [9.17, 15) is 18.5 Å². The summed E-state index contributed by atoms with van der Waals surface area (Å²) in [5, 5.41) is 15.4. The molecule has 9 nitrogen and oxygen atoms in total. The number of quaternary nitrogens is 1. The van der Waals surface area contributed by atoms with E-state index in [1.165, 1.54) is 4.31 Å². The molecule has 1 aromatic carbocycles. The highest BCUT2D eigenvalue weighted by Crippen LogP contribution is 2.21. The normalized spacial score (nSPS) is 16.4. The minimum Gasteiger partial charge on any atom is -0.314 e.